The molecule has 0 saturated heterocycles. The summed E-state index contributed by atoms with van der Waals surface area (Å²) in [4.78, 5) is 19.7. The van der Waals surface area contributed by atoms with Crippen LogP contribution in [0.5, 0.6) is 0 Å². The van der Waals surface area contributed by atoms with Crippen LogP contribution in [0, 0.1) is 0 Å². The van der Waals surface area contributed by atoms with Crippen LogP contribution in [0.15, 0.2) is 66.9 Å². The molecule has 29 heavy (non-hydrogen) atoms. The second kappa shape index (κ2) is 7.17. The standard InChI is InChI=1S/C24H22N4O/c1-27-21-13-16-28(15-12-20(21)22(26-27)18-8-3-2-4-9-18)24(29)23-19-10-6-5-7-17(19)11-14-25-23/h2-11,14H,12-13,15-16H2,1H3. The predicted octanol–water partition coefficient (Wildman–Crippen LogP) is 3.88. The first-order chi connectivity index (χ1) is 14.2. The Balaban J connectivity index is 1.46. The zero-order valence-corrected chi connectivity index (χ0v) is 16.4. The number of rotatable bonds is 2. The van der Waals surface area contributed by atoms with Gasteiger partial charge in [0.2, 0.25) is 0 Å². The minimum Gasteiger partial charge on any atom is -0.337 e. The molecule has 1 amide bonds. The van der Waals surface area contributed by atoms with Crippen LogP contribution in [0.2, 0.25) is 0 Å². The van der Waals surface area contributed by atoms with Crippen molar-refractivity contribution < 1.29 is 4.79 Å². The number of hydrogen-bond acceptors (Lipinski definition) is 3. The summed E-state index contributed by atoms with van der Waals surface area (Å²) in [6.07, 6.45) is 3.31. The van der Waals surface area contributed by atoms with Gasteiger partial charge in [0.15, 0.2) is 0 Å². The van der Waals surface area contributed by atoms with E-state index in [0.29, 0.717) is 18.8 Å². The third-order valence-corrected chi connectivity index (χ3v) is 5.74. The molecular weight excluding hydrogens is 360 g/mol. The van der Waals surface area contributed by atoms with E-state index in [1.54, 1.807) is 6.20 Å². The summed E-state index contributed by atoms with van der Waals surface area (Å²) >= 11 is 0. The molecular formula is C24H22N4O. The molecule has 5 nitrogen and oxygen atoms in total. The van der Waals surface area contributed by atoms with Gasteiger partial charge in [-0.05, 0) is 17.9 Å². The molecule has 1 aliphatic rings. The molecule has 144 valence electrons. The van der Waals surface area contributed by atoms with Crippen molar-refractivity contribution in [2.75, 3.05) is 13.1 Å². The van der Waals surface area contributed by atoms with Gasteiger partial charge < -0.3 is 4.90 Å². The normalized spacial score (nSPS) is 13.9. The van der Waals surface area contributed by atoms with Gasteiger partial charge in [-0.15, -0.1) is 0 Å². The van der Waals surface area contributed by atoms with Crippen LogP contribution in [-0.4, -0.2) is 38.7 Å². The fraction of sp³-hybridized carbons (Fsp3) is 0.208. The van der Waals surface area contributed by atoms with Crippen molar-refractivity contribution in [2.24, 2.45) is 7.05 Å². The Hall–Kier alpha value is -3.47. The van der Waals surface area contributed by atoms with Crippen molar-refractivity contribution in [1.29, 1.82) is 0 Å². The smallest absolute Gasteiger partial charge is 0.273 e. The van der Waals surface area contributed by atoms with Crippen molar-refractivity contribution in [2.45, 2.75) is 12.8 Å². The molecule has 4 aromatic rings. The van der Waals surface area contributed by atoms with E-state index >= 15 is 0 Å². The lowest BCUT2D eigenvalue weighted by Crippen LogP contribution is -2.34. The van der Waals surface area contributed by atoms with Gasteiger partial charge in [0, 0.05) is 55.0 Å². The van der Waals surface area contributed by atoms with E-state index in [0.717, 1.165) is 34.9 Å². The van der Waals surface area contributed by atoms with E-state index in [-0.39, 0.29) is 5.91 Å². The van der Waals surface area contributed by atoms with Crippen LogP contribution >= 0.6 is 0 Å². The maximum atomic E-state index is 13.3. The van der Waals surface area contributed by atoms with Crippen LogP contribution in [0.25, 0.3) is 22.0 Å². The first-order valence-corrected chi connectivity index (χ1v) is 9.95. The number of carbonyl (C=O) groups is 1. The minimum absolute atomic E-state index is 0.00354. The highest BCUT2D eigenvalue weighted by Gasteiger charge is 2.26. The summed E-state index contributed by atoms with van der Waals surface area (Å²) in [6.45, 7) is 1.34. The number of pyridine rings is 1. The van der Waals surface area contributed by atoms with Gasteiger partial charge in [-0.2, -0.15) is 5.10 Å². The van der Waals surface area contributed by atoms with Crippen molar-refractivity contribution in [3.05, 3.63) is 83.8 Å². The second-order valence-electron chi connectivity index (χ2n) is 7.44. The van der Waals surface area contributed by atoms with Crippen molar-refractivity contribution in [3.63, 3.8) is 0 Å². The lowest BCUT2D eigenvalue weighted by atomic mass is 10.0. The number of aryl methyl sites for hydroxylation is 1. The molecule has 0 bridgehead atoms. The van der Waals surface area contributed by atoms with E-state index in [9.17, 15) is 4.79 Å². The highest BCUT2D eigenvalue weighted by molar-refractivity contribution is 6.05. The largest absolute Gasteiger partial charge is 0.337 e. The molecule has 0 radical (unpaired) electrons. The molecule has 0 aliphatic carbocycles. The Labute approximate surface area is 169 Å². The predicted molar refractivity (Wildman–Crippen MR) is 114 cm³/mol. The fourth-order valence-corrected chi connectivity index (χ4v) is 4.25. The molecule has 0 fully saturated rings. The lowest BCUT2D eigenvalue weighted by Gasteiger charge is -2.20. The van der Waals surface area contributed by atoms with Crippen LogP contribution in [0.3, 0.4) is 0 Å². The fourth-order valence-electron chi connectivity index (χ4n) is 4.25. The summed E-state index contributed by atoms with van der Waals surface area (Å²) in [5.41, 5.74) is 5.15. The Kier molecular flexibility index (Phi) is 4.35. The minimum atomic E-state index is 0.00354. The van der Waals surface area contributed by atoms with E-state index in [2.05, 4.69) is 17.1 Å². The van der Waals surface area contributed by atoms with Crippen molar-refractivity contribution >= 4 is 16.7 Å². The van der Waals surface area contributed by atoms with Gasteiger partial charge in [-0.25, -0.2) is 0 Å². The van der Waals surface area contributed by atoms with Crippen LogP contribution < -0.4 is 0 Å². The quantitative estimate of drug-likeness (QED) is 0.529. The lowest BCUT2D eigenvalue weighted by molar-refractivity contribution is 0.0759. The van der Waals surface area contributed by atoms with Crippen molar-refractivity contribution in [1.82, 2.24) is 19.7 Å². The number of hydrogen-bond donors (Lipinski definition) is 0. The molecule has 2 aromatic heterocycles. The number of amides is 1. The Bertz CT molecular complexity index is 1190. The molecule has 3 heterocycles. The first kappa shape index (κ1) is 17.6. The molecule has 0 unspecified atom stereocenters. The van der Waals surface area contributed by atoms with Gasteiger partial charge in [0.05, 0.1) is 5.69 Å². The second-order valence-corrected chi connectivity index (χ2v) is 7.44. The first-order valence-electron chi connectivity index (χ1n) is 9.95. The molecule has 2 aromatic carbocycles. The summed E-state index contributed by atoms with van der Waals surface area (Å²) in [6, 6.07) is 20.2. The van der Waals surface area contributed by atoms with Crippen LogP contribution in [0.4, 0.5) is 0 Å². The number of benzene rings is 2. The number of aromatic nitrogens is 3. The van der Waals surface area contributed by atoms with Crippen molar-refractivity contribution in [3.8, 4) is 11.3 Å². The molecule has 1 aliphatic heterocycles. The molecule has 0 saturated carbocycles. The average Bonchev–Trinajstić information content (AvgIpc) is 2.94. The third-order valence-electron chi connectivity index (χ3n) is 5.74. The summed E-state index contributed by atoms with van der Waals surface area (Å²) < 4.78 is 1.97. The summed E-state index contributed by atoms with van der Waals surface area (Å²) in [5, 5.41) is 6.73. The average molecular weight is 382 g/mol. The monoisotopic (exact) mass is 382 g/mol. The SMILES string of the molecule is Cn1nc(-c2ccccc2)c2c1CCN(C(=O)c1nccc3ccccc13)CC2. The highest BCUT2D eigenvalue weighted by Crippen LogP contribution is 2.28. The van der Waals surface area contributed by atoms with E-state index < -0.39 is 0 Å². The third kappa shape index (κ3) is 3.09. The Morgan fingerprint density at radius 2 is 1.69 bits per heavy atom. The maximum Gasteiger partial charge on any atom is 0.273 e. The van der Waals surface area contributed by atoms with Crippen LogP contribution in [0.1, 0.15) is 21.7 Å². The zero-order chi connectivity index (χ0) is 19.8. The maximum absolute atomic E-state index is 13.3. The zero-order valence-electron chi connectivity index (χ0n) is 16.4. The Morgan fingerprint density at radius 1 is 0.931 bits per heavy atom. The number of fused-ring (bicyclic) bond motifs is 2. The van der Waals surface area contributed by atoms with Gasteiger partial charge in [0.1, 0.15) is 5.69 Å². The highest BCUT2D eigenvalue weighted by atomic mass is 16.2. The van der Waals surface area contributed by atoms with E-state index in [1.165, 1.54) is 11.3 Å². The van der Waals surface area contributed by atoms with Crippen LogP contribution in [-0.2, 0) is 19.9 Å². The van der Waals surface area contributed by atoms with E-state index in [1.807, 2.05) is 65.2 Å². The van der Waals surface area contributed by atoms with Gasteiger partial charge in [0.25, 0.3) is 5.91 Å². The molecule has 0 spiro atoms. The topological polar surface area (TPSA) is 51.0 Å². The molecule has 5 rings (SSSR count). The molecule has 5 heteroatoms. The van der Waals surface area contributed by atoms with Gasteiger partial charge >= 0.3 is 0 Å². The van der Waals surface area contributed by atoms with Gasteiger partial charge in [-0.1, -0.05) is 54.6 Å². The summed E-state index contributed by atoms with van der Waals surface area (Å²) in [5.74, 6) is 0.00354. The Morgan fingerprint density at radius 3 is 2.55 bits per heavy atom. The number of carbonyl (C=O) groups excluding carboxylic acids is 1. The van der Waals surface area contributed by atoms with E-state index in [4.69, 9.17) is 5.10 Å². The van der Waals surface area contributed by atoms with Gasteiger partial charge in [-0.3, -0.25) is 14.5 Å². The molecule has 0 N–H and O–H groups in total. The number of nitrogens with zero attached hydrogens (tertiary/aromatic N) is 4. The molecule has 0 atom stereocenters. The summed E-state index contributed by atoms with van der Waals surface area (Å²) in [7, 11) is 2.00.